The van der Waals surface area contributed by atoms with E-state index in [1.165, 1.54) is 33.7 Å². The third-order valence-electron chi connectivity index (χ3n) is 14.2. The molecule has 0 unspecified atom stereocenters. The second-order valence-corrected chi connectivity index (χ2v) is 32.6. The number of ether oxygens (including phenoxy) is 2. The van der Waals surface area contributed by atoms with Crippen molar-refractivity contribution in [1.29, 1.82) is 0 Å². The molecule has 2 aliphatic heterocycles. The highest BCUT2D eigenvalue weighted by molar-refractivity contribution is 8.07. The van der Waals surface area contributed by atoms with Crippen molar-refractivity contribution in [2.75, 3.05) is 24.3 Å². The van der Waals surface area contributed by atoms with E-state index in [0.717, 1.165) is 20.7 Å². The zero-order valence-corrected chi connectivity index (χ0v) is 47.6. The third-order valence-corrected chi connectivity index (χ3v) is 25.9. The molecule has 402 valence electrons. The quantitative estimate of drug-likeness (QED) is 0.0583. The second-order valence-electron chi connectivity index (χ2n) is 21.3. The van der Waals surface area contributed by atoms with Crippen LogP contribution < -0.4 is 43.2 Å². The van der Waals surface area contributed by atoms with E-state index in [9.17, 15) is 19.3 Å². The Balaban J connectivity index is 1.03. The van der Waals surface area contributed by atoms with E-state index in [2.05, 4.69) is 105 Å². The van der Waals surface area contributed by atoms with E-state index in [0.29, 0.717) is 5.56 Å². The van der Waals surface area contributed by atoms with Gasteiger partial charge in [-0.25, -0.2) is 9.59 Å². The number of amides is 1. The molecule has 7 atom stereocenters. The van der Waals surface area contributed by atoms with Crippen molar-refractivity contribution in [3.05, 3.63) is 203 Å². The van der Waals surface area contributed by atoms with Crippen molar-refractivity contribution in [3.63, 3.8) is 0 Å². The maximum absolute atomic E-state index is 13.9. The summed E-state index contributed by atoms with van der Waals surface area (Å²) < 4.78 is 43.9. The third kappa shape index (κ3) is 12.0. The standard InChI is InChI=1S/C57H65N6O10PSSi2/c1-56(2,3)76(41-24-14-8-15-25-41,42-26-16-9-17-27-42)69-39-48-45(36-51(71-48)62-34-32-49(58)59-54(62)65)72-74(67,75)68-38-47-46(73-77(57(4,5)6,43-28-18-10-19-29-43)44-30-20-11-21-31-44)37-52(70-47)63-35-33-50(61-55(63)66)60-53(64)40-22-12-7-13-23-40/h7-35,45-48,51-52H,36-39H2,1-6H3,(H,67,75)(H2,58,59,65)(H,60,61,64,66)/t45-,46-,47+,48+,51+,52+,74+/m0/s1. The van der Waals surface area contributed by atoms with Crippen LogP contribution in [0.2, 0.25) is 10.1 Å². The molecule has 0 spiro atoms. The highest BCUT2D eigenvalue weighted by Crippen LogP contribution is 2.50. The van der Waals surface area contributed by atoms with Crippen LogP contribution in [0.4, 0.5) is 11.6 Å². The van der Waals surface area contributed by atoms with Gasteiger partial charge in [-0.2, -0.15) is 9.97 Å². The van der Waals surface area contributed by atoms with Gasteiger partial charge in [-0.05, 0) is 66.9 Å². The molecule has 20 heteroatoms. The van der Waals surface area contributed by atoms with Gasteiger partial charge in [0, 0.05) is 30.8 Å². The van der Waals surface area contributed by atoms with E-state index in [1.807, 2.05) is 72.8 Å². The highest BCUT2D eigenvalue weighted by atomic mass is 32.5. The molecule has 2 aliphatic rings. The molecule has 16 nitrogen and oxygen atoms in total. The van der Waals surface area contributed by atoms with Gasteiger partial charge < -0.3 is 43.3 Å². The van der Waals surface area contributed by atoms with Crippen LogP contribution in [-0.4, -0.2) is 84.2 Å². The molecule has 5 aromatic carbocycles. The minimum atomic E-state index is -4.21. The maximum Gasteiger partial charge on any atom is 0.351 e. The van der Waals surface area contributed by atoms with E-state index >= 15 is 0 Å². The summed E-state index contributed by atoms with van der Waals surface area (Å²) in [5.41, 5.74) is 5.01. The lowest BCUT2D eigenvalue weighted by atomic mass is 10.2. The average molecular weight is 1110 g/mol. The SMILES string of the molecule is CC(C)(C)[Si](OC[C@H]1O[C@@H](n2ccc(N)nc2=O)C[C@@H]1O[P@](O)(=S)OC[C@H]1O[C@@H](n2ccc(NC(=O)c3ccccc3)nc2=O)C[C@@H]1O[Si](c1ccccc1)(c1ccccc1)C(C)(C)C)(c1ccccc1)c1ccccc1. The van der Waals surface area contributed by atoms with Crippen LogP contribution in [0.15, 0.2) is 186 Å². The van der Waals surface area contributed by atoms with Crippen LogP contribution in [0, 0.1) is 0 Å². The maximum atomic E-state index is 13.9. The number of nitrogens with one attached hydrogen (secondary N) is 1. The topological polar surface area (TPSA) is 201 Å². The summed E-state index contributed by atoms with van der Waals surface area (Å²) in [7, 11) is -6.40. The Kier molecular flexibility index (Phi) is 16.7. The van der Waals surface area contributed by atoms with Crippen molar-refractivity contribution >= 4 is 73.5 Å². The van der Waals surface area contributed by atoms with Gasteiger partial charge in [-0.1, -0.05) is 181 Å². The van der Waals surface area contributed by atoms with Crippen LogP contribution in [0.25, 0.3) is 0 Å². The monoisotopic (exact) mass is 1110 g/mol. The first-order chi connectivity index (χ1) is 36.8. The predicted molar refractivity (Wildman–Crippen MR) is 306 cm³/mol. The summed E-state index contributed by atoms with van der Waals surface area (Å²) in [6.07, 6.45) is -1.97. The van der Waals surface area contributed by atoms with Crippen LogP contribution in [0.5, 0.6) is 0 Å². The Bertz CT molecular complexity index is 3220. The molecule has 2 aromatic heterocycles. The smallest absolute Gasteiger partial charge is 0.351 e. The zero-order chi connectivity index (χ0) is 54.6. The molecule has 9 rings (SSSR count). The number of nitrogens with two attached hydrogens (primary N) is 1. The molecule has 4 heterocycles. The Hall–Kier alpha value is -6.07. The number of nitrogen functional groups attached to an aromatic ring is 1. The molecule has 77 heavy (non-hydrogen) atoms. The van der Waals surface area contributed by atoms with Crippen molar-refractivity contribution in [2.24, 2.45) is 0 Å². The fourth-order valence-corrected chi connectivity index (χ4v) is 21.4. The molecular formula is C57H65N6O10PSSi2. The average Bonchev–Trinajstić information content (AvgIpc) is 4.06. The van der Waals surface area contributed by atoms with Gasteiger partial charge in [0.2, 0.25) is 0 Å². The van der Waals surface area contributed by atoms with Gasteiger partial charge >= 0.3 is 18.1 Å². The van der Waals surface area contributed by atoms with Gasteiger partial charge in [-0.3, -0.25) is 13.9 Å². The summed E-state index contributed by atoms with van der Waals surface area (Å²) in [5.74, 6) is -0.289. The minimum absolute atomic E-state index is 0.000259. The lowest BCUT2D eigenvalue weighted by Gasteiger charge is -2.45. The number of carbonyl (C=O) groups is 1. The summed E-state index contributed by atoms with van der Waals surface area (Å²) in [6.45, 7) is 8.47. The Labute approximate surface area is 455 Å². The first kappa shape index (κ1) is 55.7. The van der Waals surface area contributed by atoms with Crippen LogP contribution in [0.3, 0.4) is 0 Å². The van der Waals surface area contributed by atoms with Gasteiger partial charge in [0.05, 0.1) is 25.4 Å². The van der Waals surface area contributed by atoms with Crippen LogP contribution in [-0.2, 0) is 39.2 Å². The molecule has 4 N–H and O–H groups in total. The highest BCUT2D eigenvalue weighted by Gasteiger charge is 2.55. The molecular weight excluding hydrogens is 1050 g/mol. The van der Waals surface area contributed by atoms with E-state index in [1.54, 1.807) is 30.3 Å². The number of nitrogens with zero attached hydrogens (tertiary/aromatic N) is 4. The normalized spacial score (nSPS) is 20.9. The number of carbonyl (C=O) groups excluding carboxylic acids is 1. The van der Waals surface area contributed by atoms with Crippen LogP contribution >= 0.6 is 6.72 Å². The van der Waals surface area contributed by atoms with Crippen molar-refractivity contribution in [2.45, 2.75) is 101 Å². The molecule has 7 aromatic rings. The predicted octanol–water partition coefficient (Wildman–Crippen LogP) is 7.05. The van der Waals surface area contributed by atoms with Gasteiger partial charge in [-0.15, -0.1) is 0 Å². The summed E-state index contributed by atoms with van der Waals surface area (Å²) in [5, 5.41) is 6.02. The number of benzene rings is 5. The number of hydrogen-bond donors (Lipinski definition) is 3. The first-order valence-corrected chi connectivity index (χ1v) is 32.0. The van der Waals surface area contributed by atoms with Crippen molar-refractivity contribution < 1.29 is 37.1 Å². The number of aromatic nitrogens is 4. The van der Waals surface area contributed by atoms with Crippen LogP contribution in [0.1, 0.15) is 77.2 Å². The molecule has 1 amide bonds. The van der Waals surface area contributed by atoms with E-state index in [4.69, 9.17) is 44.9 Å². The Morgan fingerprint density at radius 3 is 1.55 bits per heavy atom. The van der Waals surface area contributed by atoms with Gasteiger partial charge in [0.15, 0.2) is 0 Å². The van der Waals surface area contributed by atoms with Gasteiger partial charge in [0.25, 0.3) is 22.5 Å². The van der Waals surface area contributed by atoms with Crippen molar-refractivity contribution in [3.8, 4) is 0 Å². The fraction of sp³-hybridized carbons (Fsp3) is 0.316. The summed E-state index contributed by atoms with van der Waals surface area (Å²) in [4.78, 5) is 60.6. The van der Waals surface area contributed by atoms with E-state index in [-0.39, 0.29) is 42.7 Å². The fourth-order valence-electron chi connectivity index (χ4n) is 10.7. The largest absolute Gasteiger partial charge is 0.405 e. The molecule has 0 saturated carbocycles. The van der Waals surface area contributed by atoms with Gasteiger partial charge in [0.1, 0.15) is 36.3 Å². The lowest BCUT2D eigenvalue weighted by molar-refractivity contribution is -0.0502. The molecule has 2 saturated heterocycles. The number of rotatable bonds is 18. The summed E-state index contributed by atoms with van der Waals surface area (Å²) in [6, 6.07) is 52.3. The number of hydrogen-bond acceptors (Lipinski definition) is 13. The number of anilines is 2. The second kappa shape index (κ2) is 23.1. The zero-order valence-electron chi connectivity index (χ0n) is 43.9. The minimum Gasteiger partial charge on any atom is -0.405 e. The molecule has 0 bridgehead atoms. The molecule has 0 aliphatic carbocycles. The summed E-state index contributed by atoms with van der Waals surface area (Å²) >= 11 is 5.87. The first-order valence-electron chi connectivity index (χ1n) is 25.6. The van der Waals surface area contributed by atoms with E-state index < -0.39 is 82.5 Å². The van der Waals surface area contributed by atoms with Crippen molar-refractivity contribution in [1.82, 2.24) is 19.1 Å². The molecule has 0 radical (unpaired) electrons. The lowest BCUT2D eigenvalue weighted by Crippen LogP contribution is -2.68. The Morgan fingerprint density at radius 2 is 1.08 bits per heavy atom. The molecule has 2 fully saturated rings. The Morgan fingerprint density at radius 1 is 0.649 bits per heavy atom.